The fraction of sp³-hybridized carbons (Fsp3) is 0.556. The predicted molar refractivity (Wildman–Crippen MR) is 99.4 cm³/mol. The predicted octanol–water partition coefficient (Wildman–Crippen LogP) is 2.18. The molecule has 1 N–H and O–H groups in total. The van der Waals surface area contributed by atoms with E-state index in [0.717, 1.165) is 19.3 Å². The number of rotatable bonds is 6. The Balaban J connectivity index is 2.20. The van der Waals surface area contributed by atoms with Gasteiger partial charge in [0.2, 0.25) is 5.91 Å². The van der Waals surface area contributed by atoms with Gasteiger partial charge in [0.25, 0.3) is 11.6 Å². The fourth-order valence-electron chi connectivity index (χ4n) is 3.18. The molecule has 0 bridgehead atoms. The zero-order valence-corrected chi connectivity index (χ0v) is 15.5. The van der Waals surface area contributed by atoms with E-state index in [1.165, 1.54) is 12.1 Å². The summed E-state index contributed by atoms with van der Waals surface area (Å²) in [6.45, 7) is 2.94. The van der Waals surface area contributed by atoms with Crippen LogP contribution in [-0.4, -0.2) is 54.9 Å². The van der Waals surface area contributed by atoms with Gasteiger partial charge >= 0.3 is 0 Å². The molecule has 1 atom stereocenters. The molecular weight excluding hydrogens is 336 g/mol. The van der Waals surface area contributed by atoms with Crippen LogP contribution in [0.25, 0.3) is 0 Å². The normalized spacial score (nSPS) is 16.9. The Morgan fingerprint density at radius 1 is 1.38 bits per heavy atom. The molecule has 2 rings (SSSR count). The summed E-state index contributed by atoms with van der Waals surface area (Å²) in [5, 5.41) is 14.1. The van der Waals surface area contributed by atoms with E-state index < -0.39 is 4.92 Å². The van der Waals surface area contributed by atoms with Crippen molar-refractivity contribution in [3.8, 4) is 0 Å². The van der Waals surface area contributed by atoms with E-state index in [1.807, 2.05) is 6.92 Å². The molecule has 8 nitrogen and oxygen atoms in total. The van der Waals surface area contributed by atoms with Crippen molar-refractivity contribution in [3.05, 3.63) is 33.9 Å². The highest BCUT2D eigenvalue weighted by Crippen LogP contribution is 2.26. The van der Waals surface area contributed by atoms with Crippen molar-refractivity contribution in [2.75, 3.05) is 32.1 Å². The standard InChI is InChI=1S/C18H26N4O4/c1-4-6-17(23)19-13-7-5-10-21(12-13)18(24)15-11-14(22(25)26)8-9-16(15)20(2)3/h8-9,11,13H,4-7,10,12H2,1-3H3,(H,19,23). The molecule has 8 heteroatoms. The number of nitro groups is 1. The first-order valence-corrected chi connectivity index (χ1v) is 8.87. The van der Waals surface area contributed by atoms with Crippen LogP contribution in [0.5, 0.6) is 0 Å². The van der Waals surface area contributed by atoms with E-state index in [4.69, 9.17) is 0 Å². The van der Waals surface area contributed by atoms with Gasteiger partial charge < -0.3 is 15.1 Å². The lowest BCUT2D eigenvalue weighted by Gasteiger charge is -2.34. The number of nitro benzene ring substituents is 1. The minimum Gasteiger partial charge on any atom is -0.377 e. The largest absolute Gasteiger partial charge is 0.377 e. The van der Waals surface area contributed by atoms with Gasteiger partial charge in [-0.3, -0.25) is 19.7 Å². The molecule has 1 saturated heterocycles. The molecule has 1 aromatic carbocycles. The van der Waals surface area contributed by atoms with E-state index in [1.54, 1.807) is 30.0 Å². The van der Waals surface area contributed by atoms with Gasteiger partial charge in [-0.25, -0.2) is 0 Å². The third kappa shape index (κ3) is 4.71. The molecule has 26 heavy (non-hydrogen) atoms. The number of carbonyl (C=O) groups excluding carboxylic acids is 2. The molecule has 1 aromatic rings. The van der Waals surface area contributed by atoms with Crippen LogP contribution in [0.1, 0.15) is 43.0 Å². The summed E-state index contributed by atoms with van der Waals surface area (Å²) in [6.07, 6.45) is 2.87. The SMILES string of the molecule is CCCC(=O)NC1CCCN(C(=O)c2cc([N+](=O)[O-])ccc2N(C)C)C1. The first-order chi connectivity index (χ1) is 12.3. The average Bonchev–Trinajstić information content (AvgIpc) is 2.60. The molecule has 1 fully saturated rings. The van der Waals surface area contributed by atoms with Crippen LogP contribution in [0.3, 0.4) is 0 Å². The average molecular weight is 362 g/mol. The molecule has 0 radical (unpaired) electrons. The number of hydrogen-bond donors (Lipinski definition) is 1. The van der Waals surface area contributed by atoms with Crippen LogP contribution in [0.4, 0.5) is 11.4 Å². The van der Waals surface area contributed by atoms with E-state index >= 15 is 0 Å². The topological polar surface area (TPSA) is 95.8 Å². The summed E-state index contributed by atoms with van der Waals surface area (Å²) in [4.78, 5) is 38.9. The van der Waals surface area contributed by atoms with Crippen LogP contribution in [0.2, 0.25) is 0 Å². The quantitative estimate of drug-likeness (QED) is 0.618. The number of hydrogen-bond acceptors (Lipinski definition) is 5. The highest BCUT2D eigenvalue weighted by atomic mass is 16.6. The van der Waals surface area contributed by atoms with Gasteiger partial charge in [0.1, 0.15) is 0 Å². The third-order valence-corrected chi connectivity index (χ3v) is 4.45. The first kappa shape index (κ1) is 19.7. The Morgan fingerprint density at radius 3 is 2.73 bits per heavy atom. The van der Waals surface area contributed by atoms with Crippen molar-refractivity contribution in [2.45, 2.75) is 38.6 Å². The Labute approximate surface area is 153 Å². The number of nitrogens with zero attached hydrogens (tertiary/aromatic N) is 3. The van der Waals surface area contributed by atoms with Gasteiger partial charge in [0.05, 0.1) is 10.5 Å². The number of likely N-dealkylation sites (tertiary alicyclic amines) is 1. The van der Waals surface area contributed by atoms with Crippen LogP contribution in [0, 0.1) is 10.1 Å². The monoisotopic (exact) mass is 362 g/mol. The van der Waals surface area contributed by atoms with Crippen molar-refractivity contribution in [2.24, 2.45) is 0 Å². The summed E-state index contributed by atoms with van der Waals surface area (Å²) in [5.74, 6) is -0.247. The second kappa shape index (κ2) is 8.64. The Kier molecular flexibility index (Phi) is 6.54. The number of nitrogens with one attached hydrogen (secondary N) is 1. The number of amides is 2. The number of carbonyl (C=O) groups is 2. The van der Waals surface area contributed by atoms with Crippen LogP contribution >= 0.6 is 0 Å². The summed E-state index contributed by atoms with van der Waals surface area (Å²) in [7, 11) is 3.59. The summed E-state index contributed by atoms with van der Waals surface area (Å²) < 4.78 is 0. The van der Waals surface area contributed by atoms with Crippen LogP contribution in [-0.2, 0) is 4.79 Å². The van der Waals surface area contributed by atoms with Crippen LogP contribution < -0.4 is 10.2 Å². The Hall–Kier alpha value is -2.64. The molecule has 1 aliphatic heterocycles. The minimum absolute atomic E-state index is 0.00358. The number of anilines is 1. The van der Waals surface area contributed by atoms with Crippen molar-refractivity contribution in [3.63, 3.8) is 0 Å². The maximum atomic E-state index is 13.0. The molecule has 1 heterocycles. The summed E-state index contributed by atoms with van der Waals surface area (Å²) in [6, 6.07) is 4.25. The van der Waals surface area contributed by atoms with Gasteiger partial charge in [-0.05, 0) is 25.3 Å². The van der Waals surface area contributed by atoms with Gasteiger partial charge in [-0.15, -0.1) is 0 Å². The zero-order chi connectivity index (χ0) is 19.3. The minimum atomic E-state index is -0.500. The number of piperidine rings is 1. The van der Waals surface area contributed by atoms with E-state index in [2.05, 4.69) is 5.32 Å². The lowest BCUT2D eigenvalue weighted by molar-refractivity contribution is -0.384. The van der Waals surface area contributed by atoms with Crippen molar-refractivity contribution in [1.29, 1.82) is 0 Å². The Bertz CT molecular complexity index is 690. The first-order valence-electron chi connectivity index (χ1n) is 8.87. The van der Waals surface area contributed by atoms with E-state index in [9.17, 15) is 19.7 Å². The Morgan fingerprint density at radius 2 is 2.12 bits per heavy atom. The highest BCUT2D eigenvalue weighted by molar-refractivity contribution is 6.00. The van der Waals surface area contributed by atoms with E-state index in [0.29, 0.717) is 30.8 Å². The third-order valence-electron chi connectivity index (χ3n) is 4.45. The lowest BCUT2D eigenvalue weighted by atomic mass is 10.0. The summed E-state index contributed by atoms with van der Waals surface area (Å²) in [5.41, 5.74) is 0.839. The van der Waals surface area contributed by atoms with Gasteiger partial charge in [-0.2, -0.15) is 0 Å². The molecular formula is C18H26N4O4. The molecule has 0 spiro atoms. The fourth-order valence-corrected chi connectivity index (χ4v) is 3.18. The number of benzene rings is 1. The lowest BCUT2D eigenvalue weighted by Crippen LogP contribution is -2.49. The smallest absolute Gasteiger partial charge is 0.270 e. The molecule has 1 aliphatic rings. The maximum absolute atomic E-state index is 13.0. The van der Waals surface area contributed by atoms with Gasteiger partial charge in [0.15, 0.2) is 0 Å². The van der Waals surface area contributed by atoms with E-state index in [-0.39, 0.29) is 23.5 Å². The maximum Gasteiger partial charge on any atom is 0.270 e. The molecule has 142 valence electrons. The van der Waals surface area contributed by atoms with Gasteiger partial charge in [-0.1, -0.05) is 6.92 Å². The van der Waals surface area contributed by atoms with Gasteiger partial charge in [0, 0.05) is 57.5 Å². The number of non-ortho nitro benzene ring substituents is 1. The van der Waals surface area contributed by atoms with Crippen molar-refractivity contribution in [1.82, 2.24) is 10.2 Å². The zero-order valence-electron chi connectivity index (χ0n) is 15.5. The molecule has 0 aromatic heterocycles. The molecule has 0 aliphatic carbocycles. The summed E-state index contributed by atoms with van der Waals surface area (Å²) >= 11 is 0. The second-order valence-corrected chi connectivity index (χ2v) is 6.76. The molecule has 0 saturated carbocycles. The second-order valence-electron chi connectivity index (χ2n) is 6.76. The molecule has 2 amide bonds. The molecule has 1 unspecified atom stereocenters. The van der Waals surface area contributed by atoms with Crippen LogP contribution in [0.15, 0.2) is 18.2 Å². The highest BCUT2D eigenvalue weighted by Gasteiger charge is 2.28. The van der Waals surface area contributed by atoms with Crippen molar-refractivity contribution < 1.29 is 14.5 Å². The van der Waals surface area contributed by atoms with Crippen molar-refractivity contribution >= 4 is 23.2 Å².